The molecule has 0 fully saturated rings. The van der Waals surface area contributed by atoms with Crippen molar-refractivity contribution in [2.75, 3.05) is 13.1 Å². The van der Waals surface area contributed by atoms with E-state index in [-0.39, 0.29) is 0 Å². The van der Waals surface area contributed by atoms with Gasteiger partial charge in [-0.15, -0.1) is 0 Å². The molecule has 8 heteroatoms. The second-order valence-electron chi connectivity index (χ2n) is 8.42. The van der Waals surface area contributed by atoms with Gasteiger partial charge in [-0.3, -0.25) is 29.7 Å². The first kappa shape index (κ1) is 25.3. The maximum absolute atomic E-state index is 11.2. The first-order valence-electron chi connectivity index (χ1n) is 11.6. The average Bonchev–Trinajstić information content (AvgIpc) is 2.87. The van der Waals surface area contributed by atoms with E-state index in [9.17, 15) is 5.11 Å². The molecule has 0 aliphatic carbocycles. The molecule has 0 radical (unpaired) electrons. The summed E-state index contributed by atoms with van der Waals surface area (Å²) in [6.07, 6.45) is 6.69. The number of nitrogens with zero attached hydrogens (tertiary/aromatic N) is 6. The second kappa shape index (κ2) is 13.3. The molecule has 180 valence electrons. The normalized spacial score (nSPS) is 12.2. The predicted octanol–water partition coefficient (Wildman–Crippen LogP) is 3.94. The molecule has 35 heavy (non-hydrogen) atoms. The molecule has 0 amide bonds. The molecule has 0 aliphatic rings. The van der Waals surface area contributed by atoms with Gasteiger partial charge < -0.3 is 5.11 Å². The number of halogens is 1. The minimum atomic E-state index is -0.574. The summed E-state index contributed by atoms with van der Waals surface area (Å²) >= 11 is 2.26. The summed E-state index contributed by atoms with van der Waals surface area (Å²) in [6.45, 7) is 3.51. The molecule has 4 heterocycles. The molecule has 0 saturated carbocycles. The van der Waals surface area contributed by atoms with Crippen molar-refractivity contribution >= 4 is 22.6 Å². The Morgan fingerprint density at radius 3 is 1.37 bits per heavy atom. The fourth-order valence-corrected chi connectivity index (χ4v) is 4.23. The van der Waals surface area contributed by atoms with E-state index in [1.54, 1.807) is 18.6 Å². The number of hydrogen-bond acceptors (Lipinski definition) is 7. The zero-order valence-corrected chi connectivity index (χ0v) is 21.6. The van der Waals surface area contributed by atoms with E-state index >= 15 is 0 Å². The number of aromatic nitrogens is 4. The lowest BCUT2D eigenvalue weighted by atomic mass is 10.2. The van der Waals surface area contributed by atoms with Crippen LogP contribution in [-0.2, 0) is 26.2 Å². The fraction of sp³-hybridized carbons (Fsp3) is 0.259. The van der Waals surface area contributed by atoms with E-state index < -0.39 is 6.10 Å². The van der Waals surface area contributed by atoms with Crippen molar-refractivity contribution in [2.24, 2.45) is 0 Å². The van der Waals surface area contributed by atoms with Crippen LogP contribution >= 0.6 is 22.6 Å². The van der Waals surface area contributed by atoms with Crippen LogP contribution in [0.3, 0.4) is 0 Å². The highest BCUT2D eigenvalue weighted by molar-refractivity contribution is 14.1. The molecule has 0 aromatic carbocycles. The van der Waals surface area contributed by atoms with Crippen LogP contribution in [0, 0.1) is 3.57 Å². The lowest BCUT2D eigenvalue weighted by Gasteiger charge is -2.29. The number of aliphatic hydroxyl groups excluding tert-OH is 1. The van der Waals surface area contributed by atoms with E-state index in [1.807, 2.05) is 66.9 Å². The van der Waals surface area contributed by atoms with E-state index in [2.05, 4.69) is 58.4 Å². The summed E-state index contributed by atoms with van der Waals surface area (Å²) in [5, 5.41) is 11.2. The van der Waals surface area contributed by atoms with E-state index in [4.69, 9.17) is 0 Å². The van der Waals surface area contributed by atoms with Gasteiger partial charge in [0.2, 0.25) is 0 Å². The van der Waals surface area contributed by atoms with Gasteiger partial charge in [0.25, 0.3) is 0 Å². The van der Waals surface area contributed by atoms with Crippen LogP contribution in [0.2, 0.25) is 0 Å². The monoisotopic (exact) mass is 580 g/mol. The number of hydrogen-bond donors (Lipinski definition) is 1. The van der Waals surface area contributed by atoms with Crippen molar-refractivity contribution in [1.82, 2.24) is 29.7 Å². The van der Waals surface area contributed by atoms with Crippen molar-refractivity contribution in [2.45, 2.75) is 32.3 Å². The van der Waals surface area contributed by atoms with Crippen LogP contribution in [-0.4, -0.2) is 54.0 Å². The van der Waals surface area contributed by atoms with Crippen molar-refractivity contribution in [3.8, 4) is 0 Å². The lowest BCUT2D eigenvalue weighted by molar-refractivity contribution is 0.0615. The molecule has 4 rings (SSSR count). The summed E-state index contributed by atoms with van der Waals surface area (Å²) in [5.74, 6) is 0. The van der Waals surface area contributed by atoms with Crippen LogP contribution in [0.4, 0.5) is 0 Å². The summed E-state index contributed by atoms with van der Waals surface area (Å²) in [6, 6.07) is 21.8. The zero-order chi connectivity index (χ0) is 24.3. The van der Waals surface area contributed by atoms with Gasteiger partial charge in [0.05, 0.1) is 28.9 Å². The molecule has 0 aliphatic heterocycles. The van der Waals surface area contributed by atoms with E-state index in [0.29, 0.717) is 39.3 Å². The van der Waals surface area contributed by atoms with Crippen LogP contribution < -0.4 is 0 Å². The highest BCUT2D eigenvalue weighted by Gasteiger charge is 2.18. The molecular formula is C27H29IN6O. The van der Waals surface area contributed by atoms with Crippen molar-refractivity contribution in [3.63, 3.8) is 0 Å². The Bertz CT molecular complexity index is 1090. The van der Waals surface area contributed by atoms with Crippen molar-refractivity contribution < 1.29 is 5.11 Å². The second-order valence-corrected chi connectivity index (χ2v) is 9.67. The van der Waals surface area contributed by atoms with Gasteiger partial charge >= 0.3 is 0 Å². The minimum Gasteiger partial charge on any atom is -0.390 e. The van der Waals surface area contributed by atoms with Gasteiger partial charge in [0.15, 0.2) is 0 Å². The third-order valence-electron chi connectivity index (χ3n) is 5.45. The number of pyridine rings is 4. The largest absolute Gasteiger partial charge is 0.390 e. The minimum absolute atomic E-state index is 0.491. The number of aliphatic hydroxyl groups is 1. The third-order valence-corrected chi connectivity index (χ3v) is 6.09. The molecular weight excluding hydrogens is 551 g/mol. The Morgan fingerprint density at radius 2 is 1.03 bits per heavy atom. The first-order chi connectivity index (χ1) is 17.1. The quantitative estimate of drug-likeness (QED) is 0.255. The molecule has 0 spiro atoms. The van der Waals surface area contributed by atoms with Gasteiger partial charge in [-0.05, 0) is 71.1 Å². The van der Waals surface area contributed by atoms with Crippen LogP contribution in [0.1, 0.15) is 22.8 Å². The van der Waals surface area contributed by atoms with Gasteiger partial charge in [0, 0.05) is 67.6 Å². The Hall–Kier alpha value is -2.79. The van der Waals surface area contributed by atoms with Gasteiger partial charge in [-0.25, -0.2) is 0 Å². The molecule has 7 nitrogen and oxygen atoms in total. The molecule has 4 aromatic rings. The molecule has 1 N–H and O–H groups in total. The van der Waals surface area contributed by atoms with Crippen LogP contribution in [0.25, 0.3) is 0 Å². The molecule has 1 unspecified atom stereocenters. The summed E-state index contributed by atoms with van der Waals surface area (Å²) in [5.41, 5.74) is 3.85. The fourth-order valence-electron chi connectivity index (χ4n) is 3.92. The smallest absolute Gasteiger partial charge is 0.0794 e. The van der Waals surface area contributed by atoms with E-state index in [0.717, 1.165) is 26.3 Å². The highest BCUT2D eigenvalue weighted by atomic mass is 127. The maximum Gasteiger partial charge on any atom is 0.0794 e. The van der Waals surface area contributed by atoms with Gasteiger partial charge in [-0.1, -0.05) is 18.2 Å². The molecule has 0 bridgehead atoms. The van der Waals surface area contributed by atoms with Crippen LogP contribution in [0.5, 0.6) is 0 Å². The molecule has 0 saturated heterocycles. The summed E-state index contributed by atoms with van der Waals surface area (Å²) in [7, 11) is 0. The molecule has 1 atom stereocenters. The Kier molecular flexibility index (Phi) is 9.64. The Morgan fingerprint density at radius 1 is 0.600 bits per heavy atom. The molecule has 4 aromatic heterocycles. The lowest BCUT2D eigenvalue weighted by Crippen LogP contribution is -2.40. The summed E-state index contributed by atoms with van der Waals surface area (Å²) < 4.78 is 1.10. The standard InChI is InChI=1S/C27H29IN6O/c28-22-10-11-26(32-15-22)19-34(18-25-9-3-6-14-31-25)21-27(35)20-33(16-23-7-1-4-12-29-23)17-24-8-2-5-13-30-24/h1-15,27,35H,16-21H2. The van der Waals surface area contributed by atoms with Crippen LogP contribution in [0.15, 0.2) is 91.5 Å². The van der Waals surface area contributed by atoms with Gasteiger partial charge in [0.1, 0.15) is 0 Å². The summed E-state index contributed by atoms with van der Waals surface area (Å²) in [4.78, 5) is 22.4. The Balaban J connectivity index is 1.46. The number of rotatable bonds is 12. The SMILES string of the molecule is OC(CN(Cc1ccccn1)Cc1ccccn1)CN(Cc1ccccn1)Cc1ccc(I)cn1. The zero-order valence-electron chi connectivity index (χ0n) is 19.5. The van der Waals surface area contributed by atoms with E-state index in [1.165, 1.54) is 0 Å². The maximum atomic E-state index is 11.2. The van der Waals surface area contributed by atoms with Gasteiger partial charge in [-0.2, -0.15) is 0 Å². The average molecular weight is 580 g/mol. The van der Waals surface area contributed by atoms with Crippen molar-refractivity contribution in [1.29, 1.82) is 0 Å². The van der Waals surface area contributed by atoms with Crippen molar-refractivity contribution in [3.05, 3.63) is 118 Å². The first-order valence-corrected chi connectivity index (χ1v) is 12.6. The Labute approximate surface area is 220 Å². The topological polar surface area (TPSA) is 78.3 Å². The highest BCUT2D eigenvalue weighted by Crippen LogP contribution is 2.12. The predicted molar refractivity (Wildman–Crippen MR) is 144 cm³/mol. The third kappa shape index (κ3) is 8.74.